The maximum Gasteiger partial charge on any atom is 0.243 e. The summed E-state index contributed by atoms with van der Waals surface area (Å²) in [5.74, 6) is 0. The fourth-order valence-corrected chi connectivity index (χ4v) is 5.97. The standard InChI is InChI=1S/C16H25N3O4S2.ClH/c1-13-3-4-15(24(2,20)21)11-16(13)25(22,23)19-8-5-14(12-19)18-9-6-17-7-10-18;/h3-4,11,14,17H,5-10,12H2,1-2H3;1H. The summed E-state index contributed by atoms with van der Waals surface area (Å²) in [7, 11) is -7.15. The minimum Gasteiger partial charge on any atom is -0.314 e. The molecule has 10 heteroatoms. The van der Waals surface area contributed by atoms with Crippen LogP contribution in [0.1, 0.15) is 12.0 Å². The summed E-state index contributed by atoms with van der Waals surface area (Å²) >= 11 is 0. The van der Waals surface area contributed by atoms with E-state index in [4.69, 9.17) is 0 Å². The summed E-state index contributed by atoms with van der Waals surface area (Å²) in [6.07, 6.45) is 1.90. The van der Waals surface area contributed by atoms with E-state index >= 15 is 0 Å². The molecule has 7 nitrogen and oxygen atoms in total. The molecular formula is C16H26ClN3O4S2. The fraction of sp³-hybridized carbons (Fsp3) is 0.625. The van der Waals surface area contributed by atoms with Gasteiger partial charge in [0.2, 0.25) is 10.0 Å². The molecule has 0 aliphatic carbocycles. The topological polar surface area (TPSA) is 86.8 Å². The molecule has 3 rings (SSSR count). The van der Waals surface area contributed by atoms with Gasteiger partial charge in [0.1, 0.15) is 0 Å². The van der Waals surface area contributed by atoms with Gasteiger partial charge in [-0.2, -0.15) is 4.31 Å². The van der Waals surface area contributed by atoms with Gasteiger partial charge in [-0.1, -0.05) is 6.07 Å². The van der Waals surface area contributed by atoms with Crippen molar-refractivity contribution in [2.45, 2.75) is 29.2 Å². The average molecular weight is 424 g/mol. The van der Waals surface area contributed by atoms with Crippen LogP contribution in [0.25, 0.3) is 0 Å². The van der Waals surface area contributed by atoms with Gasteiger partial charge in [-0.05, 0) is 31.0 Å². The minimum atomic E-state index is -3.70. The predicted molar refractivity (Wildman–Crippen MR) is 103 cm³/mol. The second kappa shape index (κ2) is 8.12. The van der Waals surface area contributed by atoms with Crippen LogP contribution in [0.15, 0.2) is 28.0 Å². The molecule has 2 aliphatic heterocycles. The Labute approximate surface area is 162 Å². The highest BCUT2D eigenvalue weighted by molar-refractivity contribution is 7.91. The zero-order valence-electron chi connectivity index (χ0n) is 15.0. The first-order valence-corrected chi connectivity index (χ1v) is 11.8. The minimum absolute atomic E-state index is 0. The Hall–Kier alpha value is -0.710. The van der Waals surface area contributed by atoms with Crippen LogP contribution >= 0.6 is 12.4 Å². The van der Waals surface area contributed by atoms with Crippen molar-refractivity contribution >= 4 is 32.3 Å². The number of halogens is 1. The second-order valence-corrected chi connectivity index (χ2v) is 10.7. The number of hydrogen-bond acceptors (Lipinski definition) is 6. The Morgan fingerprint density at radius 3 is 2.35 bits per heavy atom. The molecule has 2 heterocycles. The van der Waals surface area contributed by atoms with Gasteiger partial charge >= 0.3 is 0 Å². The molecule has 2 aliphatic rings. The molecule has 0 saturated carbocycles. The van der Waals surface area contributed by atoms with E-state index in [1.807, 2.05) is 0 Å². The first-order valence-electron chi connectivity index (χ1n) is 8.45. The molecule has 0 spiro atoms. The molecule has 1 atom stereocenters. The first kappa shape index (κ1) is 21.6. The maximum absolute atomic E-state index is 13.1. The Morgan fingerprint density at radius 1 is 1.08 bits per heavy atom. The van der Waals surface area contributed by atoms with E-state index in [0.29, 0.717) is 18.7 Å². The summed E-state index contributed by atoms with van der Waals surface area (Å²) in [6, 6.07) is 4.54. The van der Waals surface area contributed by atoms with Crippen LogP contribution in [0.3, 0.4) is 0 Å². The zero-order chi connectivity index (χ0) is 18.2. The largest absolute Gasteiger partial charge is 0.314 e. The number of aryl methyl sites for hydroxylation is 1. The van der Waals surface area contributed by atoms with Crippen molar-refractivity contribution in [3.8, 4) is 0 Å². The Bertz CT molecular complexity index is 852. The van der Waals surface area contributed by atoms with Gasteiger partial charge in [0.25, 0.3) is 0 Å². The molecule has 1 N–H and O–H groups in total. The van der Waals surface area contributed by atoms with Crippen molar-refractivity contribution in [1.82, 2.24) is 14.5 Å². The summed E-state index contributed by atoms with van der Waals surface area (Å²) < 4.78 is 51.2. The molecular weight excluding hydrogens is 398 g/mol. The normalized spacial score (nSPS) is 22.9. The molecule has 1 aromatic rings. The summed E-state index contributed by atoms with van der Waals surface area (Å²) in [5, 5.41) is 3.30. The van der Waals surface area contributed by atoms with E-state index in [-0.39, 0.29) is 28.2 Å². The van der Waals surface area contributed by atoms with Crippen molar-refractivity contribution < 1.29 is 16.8 Å². The van der Waals surface area contributed by atoms with Gasteiger partial charge in [0.05, 0.1) is 9.79 Å². The summed E-state index contributed by atoms with van der Waals surface area (Å²) in [5.41, 5.74) is 0.568. The van der Waals surface area contributed by atoms with Crippen molar-refractivity contribution in [2.75, 3.05) is 45.5 Å². The number of nitrogens with one attached hydrogen (secondary N) is 1. The average Bonchev–Trinajstić information content (AvgIpc) is 3.05. The molecule has 2 saturated heterocycles. The summed E-state index contributed by atoms with van der Waals surface area (Å²) in [4.78, 5) is 2.47. The summed E-state index contributed by atoms with van der Waals surface area (Å²) in [6.45, 7) is 6.35. The number of sulfonamides is 1. The van der Waals surface area contributed by atoms with Crippen molar-refractivity contribution in [3.63, 3.8) is 0 Å². The van der Waals surface area contributed by atoms with Crippen LogP contribution in [0, 0.1) is 6.92 Å². The molecule has 148 valence electrons. The molecule has 26 heavy (non-hydrogen) atoms. The number of benzene rings is 1. The first-order chi connectivity index (χ1) is 11.7. The zero-order valence-corrected chi connectivity index (χ0v) is 17.5. The number of sulfone groups is 1. The van der Waals surface area contributed by atoms with Crippen LogP contribution < -0.4 is 5.32 Å². The lowest BCUT2D eigenvalue weighted by atomic mass is 10.2. The second-order valence-electron chi connectivity index (χ2n) is 6.79. The molecule has 2 fully saturated rings. The van der Waals surface area contributed by atoms with Gasteiger partial charge in [-0.25, -0.2) is 16.8 Å². The lowest BCUT2D eigenvalue weighted by Gasteiger charge is -2.32. The highest BCUT2D eigenvalue weighted by Gasteiger charge is 2.36. The van der Waals surface area contributed by atoms with Crippen LogP contribution in [0.4, 0.5) is 0 Å². The molecule has 0 radical (unpaired) electrons. The van der Waals surface area contributed by atoms with Gasteiger partial charge < -0.3 is 5.32 Å². The van der Waals surface area contributed by atoms with E-state index in [1.54, 1.807) is 13.0 Å². The van der Waals surface area contributed by atoms with Gasteiger partial charge in [0.15, 0.2) is 9.84 Å². The van der Waals surface area contributed by atoms with Gasteiger partial charge in [-0.15, -0.1) is 12.4 Å². The predicted octanol–water partition coefficient (Wildman–Crippen LogP) is 0.489. The molecule has 0 aromatic heterocycles. The lowest BCUT2D eigenvalue weighted by molar-refractivity contribution is 0.179. The highest BCUT2D eigenvalue weighted by Crippen LogP contribution is 2.27. The number of nitrogens with zero attached hydrogens (tertiary/aromatic N) is 2. The van der Waals surface area contributed by atoms with Crippen molar-refractivity contribution in [3.05, 3.63) is 23.8 Å². The van der Waals surface area contributed by atoms with Gasteiger partial charge in [-0.3, -0.25) is 4.90 Å². The molecule has 0 amide bonds. The lowest BCUT2D eigenvalue weighted by Crippen LogP contribution is -2.49. The third kappa shape index (κ3) is 4.40. The monoisotopic (exact) mass is 423 g/mol. The van der Waals surface area contributed by atoms with Gasteiger partial charge in [0, 0.05) is 51.6 Å². The number of hydrogen-bond donors (Lipinski definition) is 1. The van der Waals surface area contributed by atoms with Crippen LogP contribution in [0.2, 0.25) is 0 Å². The Morgan fingerprint density at radius 2 is 1.73 bits per heavy atom. The van der Waals surface area contributed by atoms with Crippen LogP contribution in [-0.4, -0.2) is 77.6 Å². The quantitative estimate of drug-likeness (QED) is 0.758. The maximum atomic E-state index is 13.1. The van der Waals surface area contributed by atoms with E-state index in [2.05, 4.69) is 10.2 Å². The van der Waals surface area contributed by atoms with Crippen LogP contribution in [0.5, 0.6) is 0 Å². The van der Waals surface area contributed by atoms with Crippen LogP contribution in [-0.2, 0) is 19.9 Å². The van der Waals surface area contributed by atoms with Crippen molar-refractivity contribution in [2.24, 2.45) is 0 Å². The smallest absolute Gasteiger partial charge is 0.243 e. The molecule has 0 bridgehead atoms. The number of rotatable bonds is 4. The number of piperazine rings is 1. The third-order valence-electron chi connectivity index (χ3n) is 5.00. The van der Waals surface area contributed by atoms with E-state index < -0.39 is 19.9 Å². The fourth-order valence-electron chi connectivity index (χ4n) is 3.50. The SMILES string of the molecule is Cc1ccc(S(C)(=O)=O)cc1S(=O)(=O)N1CCC(N2CCNCC2)C1.Cl. The molecule has 1 unspecified atom stereocenters. The Balaban J connectivity index is 0.00000243. The van der Waals surface area contributed by atoms with Crippen molar-refractivity contribution in [1.29, 1.82) is 0 Å². The third-order valence-corrected chi connectivity index (χ3v) is 8.12. The van der Waals surface area contributed by atoms with E-state index in [1.165, 1.54) is 16.4 Å². The Kier molecular flexibility index (Phi) is 6.74. The van der Waals surface area contributed by atoms with E-state index in [9.17, 15) is 16.8 Å². The highest BCUT2D eigenvalue weighted by atomic mass is 35.5. The van der Waals surface area contributed by atoms with E-state index in [0.717, 1.165) is 38.9 Å². The molecule has 1 aromatic carbocycles.